The van der Waals surface area contributed by atoms with Crippen molar-refractivity contribution in [2.75, 3.05) is 39.8 Å². The van der Waals surface area contributed by atoms with Crippen LogP contribution in [0.25, 0.3) is 0 Å². The molecule has 1 aliphatic heterocycles. The fourth-order valence-electron chi connectivity index (χ4n) is 1.91. The maximum atomic E-state index is 5.53. The second kappa shape index (κ2) is 8.28. The number of hydrogen-bond acceptors (Lipinski definition) is 4. The first kappa shape index (κ1) is 14.2. The Balaban J connectivity index is 2.17. The molecule has 1 rings (SSSR count). The molecule has 0 spiro atoms. The average molecular weight is 238 g/mol. The molecule has 0 saturated heterocycles. The summed E-state index contributed by atoms with van der Waals surface area (Å²) in [6.45, 7) is 7.27. The molecule has 1 atom stereocenters. The molecule has 0 aliphatic carbocycles. The predicted molar refractivity (Wildman–Crippen MR) is 73.6 cm³/mol. The van der Waals surface area contributed by atoms with Crippen LogP contribution in [0, 0.1) is 0 Å². The fourth-order valence-corrected chi connectivity index (χ4v) is 1.91. The highest BCUT2D eigenvalue weighted by atomic mass is 15.2. The molecule has 0 aromatic carbocycles. The number of nitrogens with one attached hydrogen (secondary N) is 1. The summed E-state index contributed by atoms with van der Waals surface area (Å²) in [6, 6.07) is 0. The van der Waals surface area contributed by atoms with Crippen LogP contribution in [0.1, 0.15) is 13.3 Å². The Bertz CT molecular complexity index is 250. The molecular weight excluding hydrogens is 212 g/mol. The lowest BCUT2D eigenvalue weighted by molar-refractivity contribution is 0.261. The van der Waals surface area contributed by atoms with Gasteiger partial charge in [-0.25, -0.2) is 0 Å². The van der Waals surface area contributed by atoms with E-state index in [-0.39, 0.29) is 0 Å². The van der Waals surface area contributed by atoms with Gasteiger partial charge in [0.2, 0.25) is 0 Å². The van der Waals surface area contributed by atoms with E-state index in [0.717, 1.165) is 39.1 Å². The van der Waals surface area contributed by atoms with E-state index >= 15 is 0 Å². The number of nitrogens with zero attached hydrogens (tertiary/aromatic N) is 2. The van der Waals surface area contributed by atoms with Crippen LogP contribution in [-0.4, -0.2) is 55.7 Å². The van der Waals surface area contributed by atoms with Gasteiger partial charge in [-0.05, 0) is 38.2 Å². The van der Waals surface area contributed by atoms with Gasteiger partial charge in [-0.1, -0.05) is 13.0 Å². The molecule has 0 aromatic heterocycles. The minimum absolute atomic E-state index is 0.327. The predicted octanol–water partition coefficient (Wildman–Crippen LogP) is 0.588. The van der Waals surface area contributed by atoms with Crippen LogP contribution in [0.15, 0.2) is 24.4 Å². The van der Waals surface area contributed by atoms with Crippen molar-refractivity contribution in [2.45, 2.75) is 19.5 Å². The molecule has 1 aliphatic rings. The third-order valence-electron chi connectivity index (χ3n) is 3.07. The van der Waals surface area contributed by atoms with E-state index in [1.54, 1.807) is 0 Å². The zero-order valence-corrected chi connectivity index (χ0v) is 11.1. The lowest BCUT2D eigenvalue weighted by Crippen LogP contribution is -2.44. The van der Waals surface area contributed by atoms with Gasteiger partial charge in [-0.15, -0.1) is 0 Å². The summed E-state index contributed by atoms with van der Waals surface area (Å²) >= 11 is 0. The molecule has 3 N–H and O–H groups in total. The first-order valence-electron chi connectivity index (χ1n) is 6.50. The van der Waals surface area contributed by atoms with Gasteiger partial charge >= 0.3 is 0 Å². The lowest BCUT2D eigenvalue weighted by atomic mass is 10.3. The lowest BCUT2D eigenvalue weighted by Gasteiger charge is -2.28. The molecule has 0 aromatic rings. The van der Waals surface area contributed by atoms with Gasteiger partial charge in [0.15, 0.2) is 0 Å². The Morgan fingerprint density at radius 3 is 2.82 bits per heavy atom. The number of rotatable bonds is 8. The third-order valence-corrected chi connectivity index (χ3v) is 3.07. The summed E-state index contributed by atoms with van der Waals surface area (Å²) in [5.41, 5.74) is 5.53. The molecule has 4 heteroatoms. The van der Waals surface area contributed by atoms with E-state index in [1.807, 2.05) is 0 Å². The van der Waals surface area contributed by atoms with Gasteiger partial charge in [-0.3, -0.25) is 5.32 Å². The molecule has 0 radical (unpaired) electrons. The van der Waals surface area contributed by atoms with Gasteiger partial charge in [0.1, 0.15) is 0 Å². The summed E-state index contributed by atoms with van der Waals surface area (Å²) in [6.07, 6.45) is 9.81. The molecular formula is C13H26N4. The number of nitrogens with two attached hydrogens (primary N) is 1. The van der Waals surface area contributed by atoms with E-state index in [4.69, 9.17) is 5.73 Å². The van der Waals surface area contributed by atoms with Gasteiger partial charge in [-0.2, -0.15) is 0 Å². The zero-order valence-electron chi connectivity index (χ0n) is 11.1. The van der Waals surface area contributed by atoms with Gasteiger partial charge in [0.25, 0.3) is 0 Å². The van der Waals surface area contributed by atoms with E-state index < -0.39 is 0 Å². The topological polar surface area (TPSA) is 44.5 Å². The van der Waals surface area contributed by atoms with Crippen molar-refractivity contribution < 1.29 is 0 Å². The van der Waals surface area contributed by atoms with E-state index in [0.29, 0.717) is 6.17 Å². The van der Waals surface area contributed by atoms with Gasteiger partial charge in [0, 0.05) is 26.3 Å². The Labute approximate surface area is 105 Å². The van der Waals surface area contributed by atoms with Crippen molar-refractivity contribution in [3.8, 4) is 0 Å². The minimum atomic E-state index is 0.327. The molecule has 0 bridgehead atoms. The molecule has 1 unspecified atom stereocenters. The van der Waals surface area contributed by atoms with Crippen LogP contribution in [0.2, 0.25) is 0 Å². The average Bonchev–Trinajstić information content (AvgIpc) is 2.35. The summed E-state index contributed by atoms with van der Waals surface area (Å²) in [4.78, 5) is 4.61. The second-order valence-electron chi connectivity index (χ2n) is 4.37. The van der Waals surface area contributed by atoms with Gasteiger partial charge in [0.05, 0.1) is 6.17 Å². The maximum Gasteiger partial charge on any atom is 0.0982 e. The van der Waals surface area contributed by atoms with Crippen molar-refractivity contribution in [3.63, 3.8) is 0 Å². The monoisotopic (exact) mass is 238 g/mol. The molecule has 1 heterocycles. The summed E-state index contributed by atoms with van der Waals surface area (Å²) in [7, 11) is 2.09. The highest BCUT2D eigenvalue weighted by molar-refractivity contribution is 5.11. The highest BCUT2D eigenvalue weighted by Gasteiger charge is 2.09. The number of hydrogen-bond donors (Lipinski definition) is 2. The molecule has 0 saturated carbocycles. The molecule has 0 fully saturated rings. The van der Waals surface area contributed by atoms with Crippen LogP contribution < -0.4 is 11.1 Å². The molecule has 4 nitrogen and oxygen atoms in total. The standard InChI is InChI=1S/C13H26N4/c1-3-17(11-6-8-14)12-9-15-13-7-4-5-10-16(13)2/h4-5,7,10,13,15H,3,6,8-9,11-12,14H2,1-2H3. The van der Waals surface area contributed by atoms with Crippen LogP contribution in [-0.2, 0) is 0 Å². The Kier molecular flexibility index (Phi) is 6.93. The molecule has 17 heavy (non-hydrogen) atoms. The van der Waals surface area contributed by atoms with Crippen molar-refractivity contribution in [2.24, 2.45) is 5.73 Å². The van der Waals surface area contributed by atoms with E-state index in [2.05, 4.69) is 53.5 Å². The van der Waals surface area contributed by atoms with E-state index in [9.17, 15) is 0 Å². The van der Waals surface area contributed by atoms with Crippen molar-refractivity contribution in [1.82, 2.24) is 15.1 Å². The summed E-state index contributed by atoms with van der Waals surface area (Å²) < 4.78 is 0. The summed E-state index contributed by atoms with van der Waals surface area (Å²) in [5, 5.41) is 3.53. The summed E-state index contributed by atoms with van der Waals surface area (Å²) in [5.74, 6) is 0. The fraction of sp³-hybridized carbons (Fsp3) is 0.692. The first-order valence-corrected chi connectivity index (χ1v) is 6.50. The molecule has 98 valence electrons. The Morgan fingerprint density at radius 1 is 1.35 bits per heavy atom. The van der Waals surface area contributed by atoms with E-state index in [1.165, 1.54) is 0 Å². The first-order chi connectivity index (χ1) is 8.27. The quantitative estimate of drug-likeness (QED) is 0.649. The van der Waals surface area contributed by atoms with Crippen LogP contribution in [0.5, 0.6) is 0 Å². The van der Waals surface area contributed by atoms with Crippen LogP contribution in [0.4, 0.5) is 0 Å². The van der Waals surface area contributed by atoms with Crippen molar-refractivity contribution >= 4 is 0 Å². The molecule has 0 amide bonds. The third kappa shape index (κ3) is 5.35. The van der Waals surface area contributed by atoms with Gasteiger partial charge < -0.3 is 15.5 Å². The minimum Gasteiger partial charge on any atom is -0.362 e. The maximum absolute atomic E-state index is 5.53. The SMILES string of the molecule is CCN(CCCN)CCNC1C=CC=CN1C. The smallest absolute Gasteiger partial charge is 0.0982 e. The normalized spacial score (nSPS) is 19.3. The largest absolute Gasteiger partial charge is 0.362 e. The van der Waals surface area contributed by atoms with Crippen molar-refractivity contribution in [1.29, 1.82) is 0 Å². The second-order valence-corrected chi connectivity index (χ2v) is 4.37. The van der Waals surface area contributed by atoms with Crippen molar-refractivity contribution in [3.05, 3.63) is 24.4 Å². The zero-order chi connectivity index (χ0) is 12.5. The number of allylic oxidation sites excluding steroid dienone is 2. The Hall–Kier alpha value is -0.840. The van der Waals surface area contributed by atoms with Crippen LogP contribution >= 0.6 is 0 Å². The number of likely N-dealkylation sites (N-methyl/N-ethyl adjacent to an activating group) is 2. The van der Waals surface area contributed by atoms with Crippen LogP contribution in [0.3, 0.4) is 0 Å². The Morgan fingerprint density at radius 2 is 2.18 bits per heavy atom. The highest BCUT2D eigenvalue weighted by Crippen LogP contribution is 2.02.